The van der Waals surface area contributed by atoms with Gasteiger partial charge in [-0.3, -0.25) is 4.90 Å². The van der Waals surface area contributed by atoms with Crippen molar-refractivity contribution in [3.63, 3.8) is 0 Å². The summed E-state index contributed by atoms with van der Waals surface area (Å²) in [4.78, 5) is 7.05. The maximum absolute atomic E-state index is 4.46. The molecule has 0 N–H and O–H groups in total. The van der Waals surface area contributed by atoms with Crippen LogP contribution in [-0.2, 0) is 26.1 Å². The Labute approximate surface area is 149 Å². The predicted molar refractivity (Wildman–Crippen MR) is 101 cm³/mol. The molecule has 1 aliphatic heterocycles. The van der Waals surface area contributed by atoms with Crippen molar-refractivity contribution in [1.82, 2.24) is 14.5 Å². The van der Waals surface area contributed by atoms with E-state index in [1.54, 1.807) is 0 Å². The van der Waals surface area contributed by atoms with Crippen LogP contribution in [0.5, 0.6) is 0 Å². The fourth-order valence-corrected chi connectivity index (χ4v) is 3.82. The number of imidazole rings is 1. The summed E-state index contributed by atoms with van der Waals surface area (Å²) in [6.07, 6.45) is 6.39. The lowest BCUT2D eigenvalue weighted by Crippen LogP contribution is -2.33. The van der Waals surface area contributed by atoms with Crippen molar-refractivity contribution in [1.29, 1.82) is 0 Å². The normalized spacial score (nSPS) is 16.8. The molecule has 4 rings (SSSR count). The average molecular weight is 331 g/mol. The highest BCUT2D eigenvalue weighted by Crippen LogP contribution is 2.21. The van der Waals surface area contributed by atoms with Crippen LogP contribution in [0.25, 0.3) is 0 Å². The summed E-state index contributed by atoms with van der Waals surface area (Å²) in [5.41, 5.74) is 2.77. The van der Waals surface area contributed by atoms with E-state index < -0.39 is 0 Å². The monoisotopic (exact) mass is 331 g/mol. The van der Waals surface area contributed by atoms with Crippen molar-refractivity contribution in [3.05, 3.63) is 90.0 Å². The summed E-state index contributed by atoms with van der Waals surface area (Å²) in [6, 6.07) is 21.6. The molecule has 3 nitrogen and oxygen atoms in total. The first-order valence-corrected chi connectivity index (χ1v) is 9.17. The van der Waals surface area contributed by atoms with Crippen molar-refractivity contribution in [2.24, 2.45) is 5.92 Å². The van der Waals surface area contributed by atoms with Gasteiger partial charge in [0.15, 0.2) is 0 Å². The molecule has 3 heteroatoms. The fourth-order valence-electron chi connectivity index (χ4n) is 3.82. The molecule has 0 saturated carbocycles. The van der Waals surface area contributed by atoms with Crippen LogP contribution < -0.4 is 0 Å². The third kappa shape index (κ3) is 4.18. The van der Waals surface area contributed by atoms with E-state index in [9.17, 15) is 0 Å². The van der Waals surface area contributed by atoms with E-state index >= 15 is 0 Å². The van der Waals surface area contributed by atoms with Crippen LogP contribution >= 0.6 is 0 Å². The number of fused-ring (bicyclic) bond motifs is 1. The molecule has 0 amide bonds. The van der Waals surface area contributed by atoms with Gasteiger partial charge in [0.1, 0.15) is 5.82 Å². The third-order valence-electron chi connectivity index (χ3n) is 5.05. The van der Waals surface area contributed by atoms with E-state index in [-0.39, 0.29) is 0 Å². The number of hydrogen-bond donors (Lipinski definition) is 0. The minimum Gasteiger partial charge on any atom is -0.335 e. The summed E-state index contributed by atoms with van der Waals surface area (Å²) in [5.74, 6) is 1.93. The van der Waals surface area contributed by atoms with Gasteiger partial charge in [0.25, 0.3) is 0 Å². The summed E-state index contributed by atoms with van der Waals surface area (Å²) in [7, 11) is 0. The van der Waals surface area contributed by atoms with Gasteiger partial charge in [-0.05, 0) is 23.5 Å². The molecule has 3 aromatic rings. The lowest BCUT2D eigenvalue weighted by Gasteiger charge is -2.30. The van der Waals surface area contributed by atoms with Crippen molar-refractivity contribution >= 4 is 0 Å². The molecule has 0 fully saturated rings. The van der Waals surface area contributed by atoms with Crippen molar-refractivity contribution in [2.45, 2.75) is 32.5 Å². The Morgan fingerprint density at radius 2 is 1.56 bits per heavy atom. The molecule has 128 valence electrons. The number of hydrogen-bond acceptors (Lipinski definition) is 2. The molecule has 2 heterocycles. The molecule has 2 aromatic carbocycles. The Balaban J connectivity index is 1.47. The minimum absolute atomic E-state index is 0.689. The molecule has 1 atom stereocenters. The zero-order valence-corrected chi connectivity index (χ0v) is 14.6. The van der Waals surface area contributed by atoms with Crippen LogP contribution in [0.1, 0.15) is 23.4 Å². The van der Waals surface area contributed by atoms with Crippen LogP contribution in [0, 0.1) is 5.92 Å². The van der Waals surface area contributed by atoms with Gasteiger partial charge in [-0.1, -0.05) is 60.7 Å². The van der Waals surface area contributed by atoms with E-state index in [1.807, 2.05) is 6.20 Å². The van der Waals surface area contributed by atoms with Crippen LogP contribution in [-0.4, -0.2) is 21.0 Å². The molecule has 0 aliphatic carbocycles. The average Bonchev–Trinajstić information content (AvgIpc) is 3.11. The van der Waals surface area contributed by atoms with E-state index in [0.29, 0.717) is 5.92 Å². The molecule has 0 bridgehead atoms. The highest BCUT2D eigenvalue weighted by atomic mass is 15.1. The van der Waals surface area contributed by atoms with Crippen LogP contribution in [0.3, 0.4) is 0 Å². The first-order chi connectivity index (χ1) is 12.4. The minimum atomic E-state index is 0.689. The van der Waals surface area contributed by atoms with Crippen LogP contribution in [0.2, 0.25) is 0 Å². The Kier molecular flexibility index (Phi) is 4.93. The molecular weight excluding hydrogens is 306 g/mol. The molecule has 1 unspecified atom stereocenters. The van der Waals surface area contributed by atoms with Crippen LogP contribution in [0.15, 0.2) is 73.1 Å². The Morgan fingerprint density at radius 1 is 0.920 bits per heavy atom. The second-order valence-corrected chi connectivity index (χ2v) is 7.04. The van der Waals surface area contributed by atoms with Gasteiger partial charge in [-0.25, -0.2) is 4.98 Å². The van der Waals surface area contributed by atoms with Gasteiger partial charge < -0.3 is 4.57 Å². The summed E-state index contributed by atoms with van der Waals surface area (Å²) < 4.78 is 2.33. The van der Waals surface area contributed by atoms with Gasteiger partial charge in [-0.15, -0.1) is 0 Å². The number of nitrogens with zero attached hydrogens (tertiary/aromatic N) is 3. The summed E-state index contributed by atoms with van der Waals surface area (Å²) in [5, 5.41) is 0. The zero-order valence-electron chi connectivity index (χ0n) is 14.6. The molecular formula is C22H25N3. The van der Waals surface area contributed by atoms with Crippen molar-refractivity contribution in [3.8, 4) is 0 Å². The first kappa shape index (κ1) is 16.1. The largest absolute Gasteiger partial charge is 0.335 e. The maximum atomic E-state index is 4.46. The number of aromatic nitrogens is 2. The Bertz CT molecular complexity index is 738. The lowest BCUT2D eigenvalue weighted by molar-refractivity contribution is 0.187. The van der Waals surface area contributed by atoms with Gasteiger partial charge in [0.2, 0.25) is 0 Å². The second-order valence-electron chi connectivity index (χ2n) is 7.04. The highest BCUT2D eigenvalue weighted by Gasteiger charge is 2.21. The molecule has 25 heavy (non-hydrogen) atoms. The maximum Gasteiger partial charge on any atom is 0.108 e. The molecule has 0 spiro atoms. The van der Waals surface area contributed by atoms with Crippen LogP contribution in [0.4, 0.5) is 0 Å². The van der Waals surface area contributed by atoms with E-state index in [0.717, 1.165) is 32.6 Å². The van der Waals surface area contributed by atoms with Gasteiger partial charge in [-0.2, -0.15) is 0 Å². The second kappa shape index (κ2) is 7.66. The summed E-state index contributed by atoms with van der Waals surface area (Å²) >= 11 is 0. The molecule has 1 aliphatic rings. The Morgan fingerprint density at radius 3 is 2.20 bits per heavy atom. The standard InChI is InChI=1S/C22H25N3/c1-3-7-19(8-4-1)15-24(16-20-9-5-2-6-10-20)17-21-11-12-22-23-13-14-25(22)18-21/h1-10,13-14,21H,11-12,15-18H2. The van der Waals surface area contributed by atoms with Gasteiger partial charge in [0, 0.05) is 45.0 Å². The number of aryl methyl sites for hydroxylation is 1. The smallest absolute Gasteiger partial charge is 0.108 e. The van der Waals surface area contributed by atoms with Crippen molar-refractivity contribution < 1.29 is 0 Å². The predicted octanol–water partition coefficient (Wildman–Crippen LogP) is 4.15. The number of benzene rings is 2. The van der Waals surface area contributed by atoms with E-state index in [1.165, 1.54) is 23.4 Å². The SMILES string of the molecule is c1ccc(CN(Cc2ccccc2)CC2CCc3nccn3C2)cc1. The van der Waals surface area contributed by atoms with E-state index in [2.05, 4.69) is 81.3 Å². The third-order valence-corrected chi connectivity index (χ3v) is 5.05. The topological polar surface area (TPSA) is 21.1 Å². The highest BCUT2D eigenvalue weighted by molar-refractivity contribution is 5.17. The van der Waals surface area contributed by atoms with Gasteiger partial charge >= 0.3 is 0 Å². The first-order valence-electron chi connectivity index (χ1n) is 9.17. The zero-order chi connectivity index (χ0) is 16.9. The molecule has 1 aromatic heterocycles. The van der Waals surface area contributed by atoms with Gasteiger partial charge in [0.05, 0.1) is 0 Å². The molecule has 0 saturated heterocycles. The van der Waals surface area contributed by atoms with E-state index in [4.69, 9.17) is 0 Å². The van der Waals surface area contributed by atoms with Crippen molar-refractivity contribution in [2.75, 3.05) is 6.54 Å². The number of rotatable bonds is 6. The molecule has 0 radical (unpaired) electrons. The lowest BCUT2D eigenvalue weighted by atomic mass is 9.98. The quantitative estimate of drug-likeness (QED) is 0.676. The summed E-state index contributed by atoms with van der Waals surface area (Å²) in [6.45, 7) is 4.23. The fraction of sp³-hybridized carbons (Fsp3) is 0.318. The Hall–Kier alpha value is -2.39.